The minimum absolute atomic E-state index is 0.115. The summed E-state index contributed by atoms with van der Waals surface area (Å²) in [7, 11) is 0. The highest BCUT2D eigenvalue weighted by atomic mass is 32.1. The Morgan fingerprint density at radius 1 is 1.33 bits per heavy atom. The molecule has 0 saturated carbocycles. The maximum atomic E-state index is 12.9. The van der Waals surface area contributed by atoms with Gasteiger partial charge in [0.2, 0.25) is 5.91 Å². The third-order valence-corrected chi connectivity index (χ3v) is 4.96. The first kappa shape index (κ1) is 16.6. The molecule has 3 rings (SSSR count). The molecule has 1 aliphatic rings. The molecule has 2 aromatic rings. The van der Waals surface area contributed by atoms with Crippen LogP contribution in [0.3, 0.4) is 0 Å². The van der Waals surface area contributed by atoms with Crippen LogP contribution >= 0.6 is 11.3 Å². The Labute approximate surface area is 142 Å². The maximum Gasteiger partial charge on any atom is 0.326 e. The molecule has 1 unspecified atom stereocenters. The Bertz CT molecular complexity index is 745. The molecule has 1 amide bonds. The summed E-state index contributed by atoms with van der Waals surface area (Å²) in [6.45, 7) is 0.488. The van der Waals surface area contributed by atoms with Gasteiger partial charge < -0.3 is 10.0 Å². The van der Waals surface area contributed by atoms with E-state index < -0.39 is 12.0 Å². The van der Waals surface area contributed by atoms with Crippen LogP contribution < -0.4 is 0 Å². The fourth-order valence-corrected chi connectivity index (χ4v) is 3.69. The number of rotatable bonds is 5. The Hall–Kier alpha value is -2.28. The van der Waals surface area contributed by atoms with Crippen LogP contribution in [0.15, 0.2) is 29.6 Å². The Morgan fingerprint density at radius 2 is 2.08 bits per heavy atom. The van der Waals surface area contributed by atoms with Gasteiger partial charge in [-0.1, -0.05) is 12.1 Å². The predicted octanol–water partition coefficient (Wildman–Crippen LogP) is 2.49. The number of halogens is 1. The highest BCUT2D eigenvalue weighted by Gasteiger charge is 2.33. The van der Waals surface area contributed by atoms with Crippen LogP contribution in [-0.4, -0.2) is 39.5 Å². The number of carboxylic acid groups (broad SMARTS) is 1. The van der Waals surface area contributed by atoms with E-state index in [1.807, 2.05) is 5.38 Å². The van der Waals surface area contributed by atoms with Crippen molar-refractivity contribution in [2.75, 3.05) is 6.54 Å². The molecule has 1 aliphatic heterocycles. The van der Waals surface area contributed by atoms with Crippen molar-refractivity contribution in [1.82, 2.24) is 9.88 Å². The van der Waals surface area contributed by atoms with Crippen molar-refractivity contribution in [3.8, 4) is 0 Å². The largest absolute Gasteiger partial charge is 0.480 e. The summed E-state index contributed by atoms with van der Waals surface area (Å²) >= 11 is 1.45. The van der Waals surface area contributed by atoms with Gasteiger partial charge in [-0.05, 0) is 30.5 Å². The molecule has 1 aromatic carbocycles. The summed E-state index contributed by atoms with van der Waals surface area (Å²) < 4.78 is 12.9. The van der Waals surface area contributed by atoms with Gasteiger partial charge in [-0.2, -0.15) is 0 Å². The van der Waals surface area contributed by atoms with Crippen LogP contribution in [0.5, 0.6) is 0 Å². The van der Waals surface area contributed by atoms with Gasteiger partial charge in [-0.25, -0.2) is 14.2 Å². The number of aliphatic carboxylic acids is 1. The van der Waals surface area contributed by atoms with E-state index in [9.17, 15) is 14.0 Å². The topological polar surface area (TPSA) is 70.5 Å². The number of benzene rings is 1. The molecule has 1 saturated heterocycles. The van der Waals surface area contributed by atoms with E-state index in [1.165, 1.54) is 28.4 Å². The number of hydrogen-bond donors (Lipinski definition) is 1. The average Bonchev–Trinajstić information content (AvgIpc) is 3.19. The van der Waals surface area contributed by atoms with Crippen molar-refractivity contribution in [2.45, 2.75) is 31.7 Å². The van der Waals surface area contributed by atoms with Crippen LogP contribution in [0.4, 0.5) is 4.39 Å². The first-order valence-corrected chi connectivity index (χ1v) is 8.61. The van der Waals surface area contributed by atoms with Crippen molar-refractivity contribution < 1.29 is 19.1 Å². The number of likely N-dealkylation sites (tertiary alicyclic amines) is 1. The second kappa shape index (κ2) is 7.09. The Balaban J connectivity index is 1.62. The van der Waals surface area contributed by atoms with Gasteiger partial charge in [0, 0.05) is 18.3 Å². The predicted molar refractivity (Wildman–Crippen MR) is 87.4 cm³/mol. The fraction of sp³-hybridized carbons (Fsp3) is 0.353. The lowest BCUT2D eigenvalue weighted by Gasteiger charge is -2.20. The van der Waals surface area contributed by atoms with Crippen LogP contribution in [-0.2, 0) is 22.4 Å². The number of aromatic nitrogens is 1. The number of carboxylic acids is 1. The fourth-order valence-electron chi connectivity index (χ4n) is 2.87. The summed E-state index contributed by atoms with van der Waals surface area (Å²) in [5.41, 5.74) is 1.60. The molecule has 1 atom stereocenters. The molecule has 0 bridgehead atoms. The Morgan fingerprint density at radius 3 is 2.79 bits per heavy atom. The lowest BCUT2D eigenvalue weighted by Crippen LogP contribution is -2.41. The van der Waals surface area contributed by atoms with Crippen LogP contribution in [0.2, 0.25) is 0 Å². The molecule has 0 aliphatic carbocycles. The van der Waals surface area contributed by atoms with E-state index in [0.29, 0.717) is 25.1 Å². The zero-order chi connectivity index (χ0) is 17.1. The van der Waals surface area contributed by atoms with Gasteiger partial charge in [0.1, 0.15) is 11.9 Å². The molecule has 126 valence electrons. The van der Waals surface area contributed by atoms with Crippen LogP contribution in [0, 0.1) is 5.82 Å². The third kappa shape index (κ3) is 3.79. The van der Waals surface area contributed by atoms with Crippen molar-refractivity contribution in [3.05, 3.63) is 51.7 Å². The minimum Gasteiger partial charge on any atom is -0.480 e. The molecule has 1 fully saturated rings. The van der Waals surface area contributed by atoms with Crippen molar-refractivity contribution in [2.24, 2.45) is 0 Å². The van der Waals surface area contributed by atoms with Crippen LogP contribution in [0.25, 0.3) is 0 Å². The smallest absolute Gasteiger partial charge is 0.326 e. The second-order valence-corrected chi connectivity index (χ2v) is 6.74. The zero-order valence-electron chi connectivity index (χ0n) is 12.9. The number of nitrogens with zero attached hydrogens (tertiary/aromatic N) is 2. The quantitative estimate of drug-likeness (QED) is 0.901. The Kier molecular flexibility index (Phi) is 4.89. The van der Waals surface area contributed by atoms with E-state index in [-0.39, 0.29) is 18.1 Å². The van der Waals surface area contributed by atoms with E-state index in [2.05, 4.69) is 4.98 Å². The summed E-state index contributed by atoms with van der Waals surface area (Å²) in [4.78, 5) is 29.4. The molecule has 1 aromatic heterocycles. The number of carbonyl (C=O) groups excluding carboxylic acids is 1. The normalized spacial score (nSPS) is 17.2. The lowest BCUT2D eigenvalue weighted by molar-refractivity contribution is -0.148. The van der Waals surface area contributed by atoms with Crippen molar-refractivity contribution >= 4 is 23.2 Å². The van der Waals surface area contributed by atoms with E-state index in [1.54, 1.807) is 12.1 Å². The summed E-state index contributed by atoms with van der Waals surface area (Å²) in [5, 5.41) is 11.8. The zero-order valence-corrected chi connectivity index (χ0v) is 13.8. The molecule has 7 heteroatoms. The molecular formula is C17H17FN2O3S. The molecule has 24 heavy (non-hydrogen) atoms. The highest BCUT2D eigenvalue weighted by molar-refractivity contribution is 7.09. The molecule has 2 heterocycles. The molecule has 0 spiro atoms. The van der Waals surface area contributed by atoms with E-state index in [0.717, 1.165) is 17.0 Å². The first-order chi connectivity index (χ1) is 11.5. The molecule has 5 nitrogen and oxygen atoms in total. The van der Waals surface area contributed by atoms with Gasteiger partial charge >= 0.3 is 5.97 Å². The summed E-state index contributed by atoms with van der Waals surface area (Å²) in [6.07, 6.45) is 1.92. The highest BCUT2D eigenvalue weighted by Crippen LogP contribution is 2.20. The summed E-state index contributed by atoms with van der Waals surface area (Å²) in [5.74, 6) is -1.42. The third-order valence-electron chi connectivity index (χ3n) is 4.06. The SMILES string of the molecule is O=C(O)C1CCCN1C(=O)Cc1csc(Cc2ccc(F)cc2)n1. The van der Waals surface area contributed by atoms with E-state index in [4.69, 9.17) is 5.11 Å². The van der Waals surface area contributed by atoms with Gasteiger partial charge in [0.05, 0.1) is 17.1 Å². The van der Waals surface area contributed by atoms with Gasteiger partial charge in [-0.15, -0.1) is 11.3 Å². The van der Waals surface area contributed by atoms with Gasteiger partial charge in [0.15, 0.2) is 0 Å². The number of amides is 1. The number of thiazole rings is 1. The number of hydrogen-bond acceptors (Lipinski definition) is 4. The van der Waals surface area contributed by atoms with E-state index >= 15 is 0 Å². The molecular weight excluding hydrogens is 331 g/mol. The first-order valence-electron chi connectivity index (χ1n) is 7.73. The van der Waals surface area contributed by atoms with Crippen molar-refractivity contribution in [1.29, 1.82) is 0 Å². The number of carbonyl (C=O) groups is 2. The standard InChI is InChI=1S/C17H17FN2O3S/c18-12-5-3-11(4-6-12)8-15-19-13(10-24-15)9-16(21)20-7-1-2-14(20)17(22)23/h3-6,10,14H,1-2,7-9H2,(H,22,23). The molecule has 0 radical (unpaired) electrons. The average molecular weight is 348 g/mol. The van der Waals surface area contributed by atoms with Crippen LogP contribution in [0.1, 0.15) is 29.1 Å². The lowest BCUT2D eigenvalue weighted by atomic mass is 10.1. The van der Waals surface area contributed by atoms with Gasteiger partial charge in [0.25, 0.3) is 0 Å². The molecule has 1 N–H and O–H groups in total. The minimum atomic E-state index is -0.948. The second-order valence-electron chi connectivity index (χ2n) is 5.80. The monoisotopic (exact) mass is 348 g/mol. The van der Waals surface area contributed by atoms with Crippen molar-refractivity contribution in [3.63, 3.8) is 0 Å². The summed E-state index contributed by atoms with van der Waals surface area (Å²) in [6, 6.07) is 5.53. The van der Waals surface area contributed by atoms with Gasteiger partial charge in [-0.3, -0.25) is 4.79 Å². The maximum absolute atomic E-state index is 12.9.